The summed E-state index contributed by atoms with van der Waals surface area (Å²) in [5.74, 6) is 1.11. The maximum Gasteiger partial charge on any atom is 0.207 e. The summed E-state index contributed by atoms with van der Waals surface area (Å²) in [5.41, 5.74) is 4.98. The molecule has 0 saturated heterocycles. The zero-order valence-electron chi connectivity index (χ0n) is 17.1. The molecular weight excluding hydrogens is 314 g/mol. The third-order valence-electron chi connectivity index (χ3n) is 5.50. The van der Waals surface area contributed by atoms with Crippen LogP contribution in [0.15, 0.2) is 6.07 Å². The molecule has 1 aromatic carbocycles. The van der Waals surface area contributed by atoms with Crippen LogP contribution in [0.4, 0.5) is 0 Å². The fourth-order valence-corrected chi connectivity index (χ4v) is 3.78. The van der Waals surface area contributed by atoms with E-state index in [0.717, 1.165) is 38.0 Å². The second-order valence-electron chi connectivity index (χ2n) is 7.90. The first-order valence-corrected chi connectivity index (χ1v) is 9.48. The summed E-state index contributed by atoms with van der Waals surface area (Å²) < 4.78 is 5.98. The van der Waals surface area contributed by atoms with Gasteiger partial charge in [0.25, 0.3) is 0 Å². The molecule has 0 heterocycles. The standard InChI is InChI=1S/C21H35NO3/c1-8-12-25-20-16(4)13-15(3)19(17(20)5)10-11-21(6,7)18(9-2)14-22(23)24/h13,18H,8-12,14H2,1-7H3. The average molecular weight is 350 g/mol. The van der Waals surface area contributed by atoms with Gasteiger partial charge in [0, 0.05) is 10.8 Å². The Labute approximate surface area is 153 Å². The molecule has 1 aromatic rings. The lowest BCUT2D eigenvalue weighted by Crippen LogP contribution is -2.30. The van der Waals surface area contributed by atoms with Crippen molar-refractivity contribution in [3.63, 3.8) is 0 Å². The molecular formula is C21H35NO3. The number of benzene rings is 1. The van der Waals surface area contributed by atoms with E-state index in [1.165, 1.54) is 22.3 Å². The Kier molecular flexibility index (Phi) is 7.91. The molecule has 0 fully saturated rings. The summed E-state index contributed by atoms with van der Waals surface area (Å²) in [6.07, 6.45) is 3.71. The first kappa shape index (κ1) is 21.5. The van der Waals surface area contributed by atoms with E-state index in [1.807, 2.05) is 0 Å². The third kappa shape index (κ3) is 5.72. The van der Waals surface area contributed by atoms with Crippen LogP contribution >= 0.6 is 0 Å². The van der Waals surface area contributed by atoms with E-state index >= 15 is 0 Å². The summed E-state index contributed by atoms with van der Waals surface area (Å²) >= 11 is 0. The van der Waals surface area contributed by atoms with E-state index in [0.29, 0.717) is 0 Å². The van der Waals surface area contributed by atoms with Crippen molar-refractivity contribution in [1.29, 1.82) is 0 Å². The van der Waals surface area contributed by atoms with Crippen molar-refractivity contribution in [3.05, 3.63) is 38.4 Å². The molecule has 1 atom stereocenters. The Morgan fingerprint density at radius 1 is 1.20 bits per heavy atom. The normalized spacial score (nSPS) is 12.9. The quantitative estimate of drug-likeness (QED) is 0.404. The number of rotatable bonds is 10. The Morgan fingerprint density at radius 3 is 2.36 bits per heavy atom. The summed E-state index contributed by atoms with van der Waals surface area (Å²) in [7, 11) is 0. The molecule has 0 bridgehead atoms. The van der Waals surface area contributed by atoms with E-state index in [4.69, 9.17) is 4.74 Å². The summed E-state index contributed by atoms with van der Waals surface area (Å²) in [6, 6.07) is 2.20. The highest BCUT2D eigenvalue weighted by molar-refractivity contribution is 5.49. The van der Waals surface area contributed by atoms with Crippen LogP contribution in [0.3, 0.4) is 0 Å². The third-order valence-corrected chi connectivity index (χ3v) is 5.50. The largest absolute Gasteiger partial charge is 0.493 e. The minimum atomic E-state index is -0.172. The highest BCUT2D eigenvalue weighted by Gasteiger charge is 2.32. The lowest BCUT2D eigenvalue weighted by atomic mass is 9.73. The van der Waals surface area contributed by atoms with Gasteiger partial charge in [-0.1, -0.05) is 33.8 Å². The molecule has 0 amide bonds. The summed E-state index contributed by atoms with van der Waals surface area (Å²) in [6.45, 7) is 15.7. The predicted octanol–water partition coefficient (Wildman–Crippen LogP) is 5.66. The molecule has 1 unspecified atom stereocenters. The molecule has 0 radical (unpaired) electrons. The zero-order valence-corrected chi connectivity index (χ0v) is 17.1. The Morgan fingerprint density at radius 2 is 1.84 bits per heavy atom. The molecule has 1 rings (SSSR count). The van der Waals surface area contributed by atoms with Crippen LogP contribution in [0.1, 0.15) is 69.2 Å². The monoisotopic (exact) mass is 349 g/mol. The lowest BCUT2D eigenvalue weighted by Gasteiger charge is -2.32. The van der Waals surface area contributed by atoms with Crippen LogP contribution in [0.5, 0.6) is 5.75 Å². The number of ether oxygens (including phenoxy) is 1. The van der Waals surface area contributed by atoms with Crippen LogP contribution in [0.2, 0.25) is 0 Å². The smallest absolute Gasteiger partial charge is 0.207 e. The molecule has 0 N–H and O–H groups in total. The molecule has 4 nitrogen and oxygen atoms in total. The molecule has 142 valence electrons. The molecule has 0 aliphatic rings. The molecule has 4 heteroatoms. The van der Waals surface area contributed by atoms with Crippen LogP contribution in [0, 0.1) is 42.2 Å². The van der Waals surface area contributed by atoms with Crippen molar-refractivity contribution in [1.82, 2.24) is 0 Å². The van der Waals surface area contributed by atoms with Crippen molar-refractivity contribution in [2.45, 2.75) is 74.1 Å². The molecule has 0 aliphatic heterocycles. The van der Waals surface area contributed by atoms with Crippen molar-refractivity contribution in [3.8, 4) is 5.75 Å². The van der Waals surface area contributed by atoms with Gasteiger partial charge in [-0.15, -0.1) is 0 Å². The lowest BCUT2D eigenvalue weighted by molar-refractivity contribution is -0.492. The van der Waals surface area contributed by atoms with Gasteiger partial charge in [-0.2, -0.15) is 0 Å². The minimum absolute atomic E-state index is 0.0558. The molecule has 0 spiro atoms. The second-order valence-corrected chi connectivity index (χ2v) is 7.90. The predicted molar refractivity (Wildman–Crippen MR) is 104 cm³/mol. The Bertz CT molecular complexity index is 593. The van der Waals surface area contributed by atoms with E-state index in [2.05, 4.69) is 54.5 Å². The van der Waals surface area contributed by atoms with Gasteiger partial charge in [0.15, 0.2) is 0 Å². The van der Waals surface area contributed by atoms with E-state index < -0.39 is 0 Å². The van der Waals surface area contributed by atoms with Crippen LogP contribution < -0.4 is 4.74 Å². The SMILES string of the molecule is CCCOc1c(C)cc(C)c(CCC(C)(C)C(CC)C[N+](=O)[O-])c1C. The van der Waals surface area contributed by atoms with Crippen LogP contribution in [-0.2, 0) is 6.42 Å². The van der Waals surface area contributed by atoms with Crippen molar-refractivity contribution in [2.24, 2.45) is 11.3 Å². The average Bonchev–Trinajstić information content (AvgIpc) is 2.51. The zero-order chi connectivity index (χ0) is 19.2. The van der Waals surface area contributed by atoms with Gasteiger partial charge in [-0.3, -0.25) is 10.1 Å². The summed E-state index contributed by atoms with van der Waals surface area (Å²) in [5, 5.41) is 11.0. The van der Waals surface area contributed by atoms with Gasteiger partial charge < -0.3 is 4.74 Å². The number of hydrogen-bond acceptors (Lipinski definition) is 3. The molecule has 25 heavy (non-hydrogen) atoms. The first-order chi connectivity index (χ1) is 11.6. The highest BCUT2D eigenvalue weighted by Crippen LogP contribution is 2.37. The maximum absolute atomic E-state index is 11.0. The van der Waals surface area contributed by atoms with Gasteiger partial charge in [-0.25, -0.2) is 0 Å². The van der Waals surface area contributed by atoms with Crippen LogP contribution in [0.25, 0.3) is 0 Å². The van der Waals surface area contributed by atoms with Gasteiger partial charge in [0.2, 0.25) is 6.54 Å². The van der Waals surface area contributed by atoms with Crippen molar-refractivity contribution < 1.29 is 9.66 Å². The molecule has 0 saturated carbocycles. The first-order valence-electron chi connectivity index (χ1n) is 9.48. The number of hydrogen-bond donors (Lipinski definition) is 0. The van der Waals surface area contributed by atoms with Gasteiger partial charge >= 0.3 is 0 Å². The Balaban J connectivity index is 3.00. The number of nitro groups is 1. The van der Waals surface area contributed by atoms with Gasteiger partial charge in [-0.05, 0) is 74.1 Å². The van der Waals surface area contributed by atoms with Crippen molar-refractivity contribution >= 4 is 0 Å². The second kappa shape index (κ2) is 9.21. The van der Waals surface area contributed by atoms with Crippen molar-refractivity contribution in [2.75, 3.05) is 13.2 Å². The number of nitrogens with zero attached hydrogens (tertiary/aromatic N) is 1. The van der Waals surface area contributed by atoms with E-state index in [-0.39, 0.29) is 22.8 Å². The molecule has 0 aromatic heterocycles. The summed E-state index contributed by atoms with van der Waals surface area (Å²) in [4.78, 5) is 10.8. The fraction of sp³-hybridized carbons (Fsp3) is 0.714. The minimum Gasteiger partial charge on any atom is -0.493 e. The Hall–Kier alpha value is -1.58. The topological polar surface area (TPSA) is 52.4 Å². The molecule has 0 aliphatic carbocycles. The van der Waals surface area contributed by atoms with Gasteiger partial charge in [0.1, 0.15) is 5.75 Å². The van der Waals surface area contributed by atoms with E-state index in [9.17, 15) is 10.1 Å². The van der Waals surface area contributed by atoms with E-state index in [1.54, 1.807) is 0 Å². The number of aryl methyl sites for hydroxylation is 2. The van der Waals surface area contributed by atoms with Crippen LogP contribution in [-0.4, -0.2) is 18.1 Å². The highest BCUT2D eigenvalue weighted by atomic mass is 16.6. The maximum atomic E-state index is 11.0. The van der Waals surface area contributed by atoms with Gasteiger partial charge in [0.05, 0.1) is 6.61 Å². The fourth-order valence-electron chi connectivity index (χ4n) is 3.78.